The summed E-state index contributed by atoms with van der Waals surface area (Å²) in [7, 11) is 0. The van der Waals surface area contributed by atoms with Crippen LogP contribution >= 0.6 is 23.2 Å². The molecule has 0 bridgehead atoms. The van der Waals surface area contributed by atoms with Crippen LogP contribution in [0, 0.1) is 5.92 Å². The number of rotatable bonds is 4. The lowest BCUT2D eigenvalue weighted by atomic mass is 10.1. The summed E-state index contributed by atoms with van der Waals surface area (Å²) in [5.41, 5.74) is 0.978. The van der Waals surface area contributed by atoms with Crippen molar-refractivity contribution >= 4 is 29.1 Å². The monoisotopic (exact) mass is 285 g/mol. The topological polar surface area (TPSA) is 29.1 Å². The highest BCUT2D eigenvalue weighted by Crippen LogP contribution is 2.29. The molecule has 98 valence electrons. The van der Waals surface area contributed by atoms with E-state index in [1.54, 1.807) is 12.1 Å². The molecule has 2 nitrogen and oxygen atoms in total. The van der Waals surface area contributed by atoms with Gasteiger partial charge in [0.2, 0.25) is 5.91 Å². The van der Waals surface area contributed by atoms with E-state index in [0.717, 1.165) is 18.4 Å². The highest BCUT2D eigenvalue weighted by atomic mass is 35.5. The van der Waals surface area contributed by atoms with Gasteiger partial charge in [0.05, 0.1) is 6.42 Å². The van der Waals surface area contributed by atoms with Gasteiger partial charge in [0, 0.05) is 16.9 Å². The van der Waals surface area contributed by atoms with E-state index in [1.807, 2.05) is 12.1 Å². The van der Waals surface area contributed by atoms with Gasteiger partial charge in [-0.05, 0) is 36.5 Å². The van der Waals surface area contributed by atoms with Crippen molar-refractivity contribution in [2.75, 3.05) is 6.54 Å². The quantitative estimate of drug-likeness (QED) is 0.844. The summed E-state index contributed by atoms with van der Waals surface area (Å²) in [5, 5.41) is 3.87. The molecule has 2 rings (SSSR count). The van der Waals surface area contributed by atoms with E-state index in [4.69, 9.17) is 23.2 Å². The Morgan fingerprint density at radius 2 is 2.00 bits per heavy atom. The molecule has 0 saturated heterocycles. The molecule has 1 fully saturated rings. The van der Waals surface area contributed by atoms with Gasteiger partial charge in [0.25, 0.3) is 0 Å². The number of halogens is 2. The fourth-order valence-corrected chi connectivity index (χ4v) is 2.81. The lowest BCUT2D eigenvalue weighted by molar-refractivity contribution is -0.120. The number of hydrogen-bond acceptors (Lipinski definition) is 1. The second-order valence-corrected chi connectivity index (χ2v) is 5.81. The van der Waals surface area contributed by atoms with Crippen molar-refractivity contribution in [3.8, 4) is 0 Å². The zero-order valence-corrected chi connectivity index (χ0v) is 11.7. The Kier molecular flexibility index (Phi) is 4.90. The highest BCUT2D eigenvalue weighted by Gasteiger charge is 2.25. The minimum Gasteiger partial charge on any atom is -0.355 e. The molecule has 0 aromatic heterocycles. The first-order chi connectivity index (χ1) is 8.65. The Bertz CT molecular complexity index is 405. The van der Waals surface area contributed by atoms with Gasteiger partial charge in [0.1, 0.15) is 0 Å². The lowest BCUT2D eigenvalue weighted by Gasteiger charge is -2.14. The van der Waals surface area contributed by atoms with Crippen LogP contribution in [0.2, 0.25) is 5.02 Å². The Morgan fingerprint density at radius 1 is 1.28 bits per heavy atom. The number of carbonyl (C=O) groups excluding carboxylic acids is 1. The second kappa shape index (κ2) is 6.44. The largest absolute Gasteiger partial charge is 0.355 e. The summed E-state index contributed by atoms with van der Waals surface area (Å²) >= 11 is 12.0. The summed E-state index contributed by atoms with van der Waals surface area (Å²) in [6.07, 6.45) is 3.76. The van der Waals surface area contributed by atoms with Crippen molar-refractivity contribution in [1.29, 1.82) is 0 Å². The molecular formula is C14H17Cl2NO. The predicted octanol–water partition coefficient (Wildman–Crippen LogP) is 3.41. The van der Waals surface area contributed by atoms with Gasteiger partial charge in [-0.15, -0.1) is 11.6 Å². The molecule has 2 atom stereocenters. The molecular weight excluding hydrogens is 269 g/mol. The van der Waals surface area contributed by atoms with Crippen LogP contribution in [-0.4, -0.2) is 17.8 Å². The van der Waals surface area contributed by atoms with Crippen molar-refractivity contribution in [2.24, 2.45) is 5.92 Å². The van der Waals surface area contributed by atoms with E-state index in [9.17, 15) is 4.79 Å². The third-order valence-corrected chi connectivity index (χ3v) is 4.23. The first kappa shape index (κ1) is 13.7. The summed E-state index contributed by atoms with van der Waals surface area (Å²) in [5.74, 6) is 0.480. The van der Waals surface area contributed by atoms with Crippen molar-refractivity contribution in [3.05, 3.63) is 34.9 Å². The molecule has 1 aliphatic carbocycles. The van der Waals surface area contributed by atoms with E-state index in [1.165, 1.54) is 6.42 Å². The fourth-order valence-electron chi connectivity index (χ4n) is 2.32. The van der Waals surface area contributed by atoms with Crippen LogP contribution in [0.25, 0.3) is 0 Å². The molecule has 1 N–H and O–H groups in total. The molecule has 18 heavy (non-hydrogen) atoms. The van der Waals surface area contributed by atoms with Crippen LogP contribution in [0.15, 0.2) is 24.3 Å². The van der Waals surface area contributed by atoms with Crippen LogP contribution in [0.3, 0.4) is 0 Å². The minimum atomic E-state index is 0.0492. The second-order valence-electron chi connectivity index (χ2n) is 4.81. The predicted molar refractivity (Wildman–Crippen MR) is 75.1 cm³/mol. The standard InChI is InChI=1S/C14H17Cl2NO/c15-12-6-4-10(5-7-12)8-14(18)17-9-11-2-1-3-13(11)16/h4-7,11,13H,1-3,8-9H2,(H,17,18). The molecule has 4 heteroatoms. The number of benzene rings is 1. The van der Waals surface area contributed by atoms with Crippen molar-refractivity contribution in [1.82, 2.24) is 5.32 Å². The maximum absolute atomic E-state index is 11.8. The van der Waals surface area contributed by atoms with Gasteiger partial charge in [-0.2, -0.15) is 0 Å². The molecule has 1 aromatic rings. The molecule has 0 aliphatic heterocycles. The Hall–Kier alpha value is -0.730. The van der Waals surface area contributed by atoms with Crippen LogP contribution in [-0.2, 0) is 11.2 Å². The molecule has 1 saturated carbocycles. The summed E-state index contributed by atoms with van der Waals surface area (Å²) in [6.45, 7) is 0.695. The van der Waals surface area contributed by atoms with Gasteiger partial charge >= 0.3 is 0 Å². The van der Waals surface area contributed by atoms with Crippen molar-refractivity contribution in [3.63, 3.8) is 0 Å². The number of nitrogens with one attached hydrogen (secondary N) is 1. The number of alkyl halides is 1. The smallest absolute Gasteiger partial charge is 0.224 e. The fraction of sp³-hybridized carbons (Fsp3) is 0.500. The normalized spacial score (nSPS) is 23.0. The van der Waals surface area contributed by atoms with Crippen molar-refractivity contribution < 1.29 is 4.79 Å². The van der Waals surface area contributed by atoms with Gasteiger partial charge < -0.3 is 5.32 Å². The summed E-state index contributed by atoms with van der Waals surface area (Å²) < 4.78 is 0. The first-order valence-electron chi connectivity index (χ1n) is 6.30. The number of carbonyl (C=O) groups is 1. The summed E-state index contributed by atoms with van der Waals surface area (Å²) in [6, 6.07) is 7.36. The summed E-state index contributed by atoms with van der Waals surface area (Å²) in [4.78, 5) is 11.8. The van der Waals surface area contributed by atoms with Crippen molar-refractivity contribution in [2.45, 2.75) is 31.1 Å². The molecule has 1 aromatic carbocycles. The highest BCUT2D eigenvalue weighted by molar-refractivity contribution is 6.30. The molecule has 0 radical (unpaired) electrons. The Balaban J connectivity index is 1.76. The Morgan fingerprint density at radius 3 is 2.61 bits per heavy atom. The molecule has 1 aliphatic rings. The van der Waals surface area contributed by atoms with Crippen LogP contribution in [0.4, 0.5) is 0 Å². The van der Waals surface area contributed by atoms with E-state index >= 15 is 0 Å². The third kappa shape index (κ3) is 3.89. The SMILES string of the molecule is O=C(Cc1ccc(Cl)cc1)NCC1CCCC1Cl. The van der Waals surface area contributed by atoms with Gasteiger partial charge in [-0.25, -0.2) is 0 Å². The van der Waals surface area contributed by atoms with Gasteiger partial charge in [0.15, 0.2) is 0 Å². The average molecular weight is 286 g/mol. The third-order valence-electron chi connectivity index (χ3n) is 3.41. The maximum atomic E-state index is 11.8. The number of hydrogen-bond donors (Lipinski definition) is 1. The first-order valence-corrected chi connectivity index (χ1v) is 7.12. The molecule has 2 unspecified atom stereocenters. The van der Waals surface area contributed by atoms with E-state index in [0.29, 0.717) is 23.9 Å². The van der Waals surface area contributed by atoms with Gasteiger partial charge in [-0.1, -0.05) is 30.2 Å². The van der Waals surface area contributed by atoms with Crippen LogP contribution in [0.5, 0.6) is 0 Å². The molecule has 0 spiro atoms. The Labute approximate surface area is 118 Å². The van der Waals surface area contributed by atoms with E-state index < -0.39 is 0 Å². The van der Waals surface area contributed by atoms with Crippen LogP contribution in [0.1, 0.15) is 24.8 Å². The minimum absolute atomic E-state index is 0.0492. The van der Waals surface area contributed by atoms with Gasteiger partial charge in [-0.3, -0.25) is 4.79 Å². The zero-order valence-electron chi connectivity index (χ0n) is 10.2. The van der Waals surface area contributed by atoms with E-state index in [2.05, 4.69) is 5.32 Å². The molecule has 1 amide bonds. The zero-order chi connectivity index (χ0) is 13.0. The average Bonchev–Trinajstić information content (AvgIpc) is 2.75. The molecule has 0 heterocycles. The lowest BCUT2D eigenvalue weighted by Crippen LogP contribution is -2.32. The van der Waals surface area contributed by atoms with Crippen LogP contribution < -0.4 is 5.32 Å². The maximum Gasteiger partial charge on any atom is 0.224 e. The van der Waals surface area contributed by atoms with E-state index in [-0.39, 0.29) is 11.3 Å². The number of amides is 1.